The van der Waals surface area contributed by atoms with Crippen molar-refractivity contribution in [3.8, 4) is 0 Å². The minimum absolute atomic E-state index is 2.55. The Bertz CT molecular complexity index is 325. The van der Waals surface area contributed by atoms with Crippen LogP contribution in [-0.2, 0) is 4.74 Å². The molecule has 3 atom stereocenters. The van der Waals surface area contributed by atoms with Crippen LogP contribution in [0.15, 0.2) is 0 Å². The van der Waals surface area contributed by atoms with Gasteiger partial charge in [-0.05, 0) is 0 Å². The van der Waals surface area contributed by atoms with Crippen molar-refractivity contribution in [3.05, 3.63) is 0 Å². The molecule has 1 saturated heterocycles. The largest absolute Gasteiger partial charge is 0.425 e. The average molecular weight is 294 g/mol. The summed E-state index contributed by atoms with van der Waals surface area (Å²) in [7, 11) is 0. The number of halogens is 10. The van der Waals surface area contributed by atoms with Crippen LogP contribution in [0.1, 0.15) is 0 Å². The smallest absolute Gasteiger partial charge is 0.274 e. The number of ether oxygens (including phenoxy) is 1. The fourth-order valence-electron chi connectivity index (χ4n) is 1.45. The molecule has 1 aliphatic rings. The molecule has 1 rings (SSSR count). The lowest BCUT2D eigenvalue weighted by molar-refractivity contribution is -0.479. The predicted molar refractivity (Wildman–Crippen MR) is 35.2 cm³/mol. The van der Waals surface area contributed by atoms with Crippen molar-refractivity contribution in [2.24, 2.45) is 5.92 Å². The topological polar surface area (TPSA) is 9.23 Å². The average Bonchev–Trinajstić information content (AvgIpc) is 2.12. The van der Waals surface area contributed by atoms with Crippen molar-refractivity contribution in [1.82, 2.24) is 0 Å². The van der Waals surface area contributed by atoms with E-state index in [0.29, 0.717) is 0 Å². The van der Waals surface area contributed by atoms with E-state index >= 15 is 0 Å². The van der Waals surface area contributed by atoms with Crippen molar-refractivity contribution in [1.29, 1.82) is 0 Å². The first-order valence-corrected chi connectivity index (χ1v) is 4.21. The Morgan fingerprint density at radius 3 is 1.78 bits per heavy atom. The second kappa shape index (κ2) is 3.87. The molecule has 0 amide bonds. The van der Waals surface area contributed by atoms with Gasteiger partial charge in [-0.2, -0.15) is 30.7 Å². The lowest BCUT2D eigenvalue weighted by Crippen LogP contribution is -2.68. The molecule has 18 heavy (non-hydrogen) atoms. The zero-order valence-corrected chi connectivity index (χ0v) is 8.05. The van der Waals surface area contributed by atoms with E-state index in [2.05, 4.69) is 4.74 Å². The Hall–Kier alpha value is -0.740. The third kappa shape index (κ3) is 2.01. The van der Waals surface area contributed by atoms with Crippen LogP contribution < -0.4 is 0 Å². The van der Waals surface area contributed by atoms with Gasteiger partial charge in [0.2, 0.25) is 0 Å². The second-order valence-electron chi connectivity index (χ2n) is 3.58. The van der Waals surface area contributed by atoms with Crippen LogP contribution in [0.25, 0.3) is 0 Å². The Balaban J connectivity index is 3.33. The Labute approximate surface area is 92.7 Å². The van der Waals surface area contributed by atoms with Gasteiger partial charge < -0.3 is 0 Å². The zero-order valence-electron chi connectivity index (χ0n) is 8.05. The quantitative estimate of drug-likeness (QED) is 0.674. The Morgan fingerprint density at radius 2 is 1.44 bits per heavy atom. The van der Waals surface area contributed by atoms with E-state index in [1.165, 1.54) is 0 Å². The first-order valence-electron chi connectivity index (χ1n) is 4.21. The summed E-state index contributed by atoms with van der Waals surface area (Å²) >= 11 is 0. The van der Waals surface area contributed by atoms with Crippen molar-refractivity contribution in [2.45, 2.75) is 30.2 Å². The maximum Gasteiger partial charge on any atom is 0.425 e. The van der Waals surface area contributed by atoms with Crippen molar-refractivity contribution >= 4 is 0 Å². The summed E-state index contributed by atoms with van der Waals surface area (Å²) < 4.78 is 127. The zero-order chi connectivity index (χ0) is 14.6. The maximum atomic E-state index is 13.2. The number of hydrogen-bond donors (Lipinski definition) is 0. The van der Waals surface area contributed by atoms with E-state index in [-0.39, 0.29) is 0 Å². The van der Waals surface area contributed by atoms with Gasteiger partial charge in [0, 0.05) is 0 Å². The minimum atomic E-state index is -6.03. The van der Waals surface area contributed by atoms with E-state index < -0.39 is 42.8 Å². The fraction of sp³-hybridized carbons (Fsp3) is 1.00. The summed E-state index contributed by atoms with van der Waals surface area (Å²) in [6.45, 7) is -2.86. The molecule has 0 aromatic rings. The number of hydrogen-bond acceptors (Lipinski definition) is 1. The van der Waals surface area contributed by atoms with Gasteiger partial charge in [0.05, 0.1) is 0 Å². The van der Waals surface area contributed by atoms with Crippen LogP contribution >= 0.6 is 0 Å². The van der Waals surface area contributed by atoms with Crippen LogP contribution in [0.4, 0.5) is 43.9 Å². The molecule has 3 unspecified atom stereocenters. The minimum Gasteiger partial charge on any atom is -0.274 e. The van der Waals surface area contributed by atoms with Crippen molar-refractivity contribution in [2.75, 3.05) is 6.67 Å². The van der Waals surface area contributed by atoms with Crippen LogP contribution in [0.3, 0.4) is 0 Å². The summed E-state index contributed by atoms with van der Waals surface area (Å²) in [6, 6.07) is 0. The summed E-state index contributed by atoms with van der Waals surface area (Å²) in [5.41, 5.74) is 0. The molecule has 0 aromatic heterocycles. The first kappa shape index (κ1) is 15.3. The van der Waals surface area contributed by atoms with Gasteiger partial charge in [-0.1, -0.05) is 0 Å². The van der Waals surface area contributed by atoms with Crippen LogP contribution in [0, 0.1) is 5.92 Å². The molecular formula is C7H4F10O. The second-order valence-corrected chi connectivity index (χ2v) is 3.58. The predicted octanol–water partition coefficient (Wildman–Crippen LogP) is 3.40. The molecule has 1 aliphatic heterocycles. The highest BCUT2D eigenvalue weighted by Gasteiger charge is 2.80. The van der Waals surface area contributed by atoms with Gasteiger partial charge in [-0.25, -0.2) is 13.2 Å². The summed E-state index contributed by atoms with van der Waals surface area (Å²) in [5.74, 6) is -15.2. The highest BCUT2D eigenvalue weighted by Crippen LogP contribution is 2.56. The van der Waals surface area contributed by atoms with Crippen molar-refractivity contribution in [3.63, 3.8) is 0 Å². The molecule has 11 heteroatoms. The molecule has 1 nitrogen and oxygen atoms in total. The Kier molecular flexibility index (Phi) is 3.30. The molecule has 0 aliphatic carbocycles. The van der Waals surface area contributed by atoms with Crippen LogP contribution in [0.2, 0.25) is 0 Å². The fourth-order valence-corrected chi connectivity index (χ4v) is 1.45. The molecule has 0 aromatic carbocycles. The van der Waals surface area contributed by atoms with Gasteiger partial charge in [0.1, 0.15) is 6.67 Å². The van der Waals surface area contributed by atoms with E-state index in [1.54, 1.807) is 0 Å². The third-order valence-corrected chi connectivity index (χ3v) is 2.32. The van der Waals surface area contributed by atoms with Gasteiger partial charge in [-0.15, -0.1) is 0 Å². The molecule has 108 valence electrons. The lowest BCUT2D eigenvalue weighted by atomic mass is 9.87. The van der Waals surface area contributed by atoms with Crippen molar-refractivity contribution < 1.29 is 48.6 Å². The highest BCUT2D eigenvalue weighted by atomic mass is 19.4. The highest BCUT2D eigenvalue weighted by molar-refractivity contribution is 5.03. The van der Waals surface area contributed by atoms with E-state index in [1.807, 2.05) is 0 Å². The SMILES string of the molecule is FCC1(F)OC(F)(F)C(F)(F)C(F)C1C(F)(F)F. The lowest BCUT2D eigenvalue weighted by Gasteiger charge is -2.45. The molecule has 1 fully saturated rings. The molecule has 0 spiro atoms. The molecule has 0 radical (unpaired) electrons. The van der Waals surface area contributed by atoms with Crippen LogP contribution in [0.5, 0.6) is 0 Å². The number of alkyl halides is 10. The monoisotopic (exact) mass is 294 g/mol. The summed E-state index contributed by atoms with van der Waals surface area (Å²) in [4.78, 5) is 0. The number of rotatable bonds is 1. The standard InChI is InChI=1S/C7H4F10O/c8-1-4(10)2(6(13,14)15)3(9)5(11,12)7(16,17)18-4/h2-3H,1H2. The normalized spacial score (nSPS) is 39.7. The maximum absolute atomic E-state index is 13.2. The molecule has 1 heterocycles. The first-order chi connectivity index (χ1) is 7.79. The Morgan fingerprint density at radius 1 is 1.00 bits per heavy atom. The summed E-state index contributed by atoms with van der Waals surface area (Å²) in [6.07, 6.45) is -16.6. The van der Waals surface area contributed by atoms with Gasteiger partial charge in [0.25, 0.3) is 5.85 Å². The van der Waals surface area contributed by atoms with Gasteiger partial charge >= 0.3 is 18.2 Å². The summed E-state index contributed by atoms with van der Waals surface area (Å²) in [5, 5.41) is 0. The molecule has 0 saturated carbocycles. The van der Waals surface area contributed by atoms with Gasteiger partial charge in [0.15, 0.2) is 12.1 Å². The van der Waals surface area contributed by atoms with E-state index in [4.69, 9.17) is 0 Å². The van der Waals surface area contributed by atoms with E-state index in [0.717, 1.165) is 0 Å². The van der Waals surface area contributed by atoms with E-state index in [9.17, 15) is 43.9 Å². The van der Waals surface area contributed by atoms with Gasteiger partial charge in [-0.3, -0.25) is 4.74 Å². The van der Waals surface area contributed by atoms with Crippen LogP contribution in [-0.4, -0.2) is 36.9 Å². The molecule has 0 N–H and O–H groups in total. The molecular weight excluding hydrogens is 290 g/mol. The molecule has 0 bridgehead atoms. The third-order valence-electron chi connectivity index (χ3n) is 2.32.